The van der Waals surface area contributed by atoms with Gasteiger partial charge in [-0.25, -0.2) is 4.98 Å². The Kier molecular flexibility index (Phi) is 6.42. The quantitative estimate of drug-likeness (QED) is 0.740. The van der Waals surface area contributed by atoms with E-state index in [2.05, 4.69) is 16.4 Å². The summed E-state index contributed by atoms with van der Waals surface area (Å²) in [5, 5.41) is 3.35. The van der Waals surface area contributed by atoms with Crippen molar-refractivity contribution in [1.82, 2.24) is 9.88 Å². The number of benzene rings is 1. The zero-order valence-electron chi connectivity index (χ0n) is 15.4. The molecule has 1 aromatic heterocycles. The first-order valence-corrected chi connectivity index (χ1v) is 9.39. The molecular formula is C22H27N3O. The third-order valence-electron chi connectivity index (χ3n) is 4.76. The zero-order chi connectivity index (χ0) is 18.2. The molecule has 1 aliphatic rings. The molecule has 2 aromatic rings. The number of rotatable bonds is 7. The lowest BCUT2D eigenvalue weighted by molar-refractivity contribution is 0.0784. The molecule has 1 N–H and O–H groups in total. The van der Waals surface area contributed by atoms with Gasteiger partial charge in [0.05, 0.1) is 5.56 Å². The molecule has 4 nitrogen and oxygen atoms in total. The predicted molar refractivity (Wildman–Crippen MR) is 106 cm³/mol. The number of carbonyl (C=O) groups is 1. The summed E-state index contributed by atoms with van der Waals surface area (Å²) in [4.78, 5) is 18.6. The molecule has 0 bridgehead atoms. The van der Waals surface area contributed by atoms with Crippen molar-refractivity contribution >= 4 is 11.7 Å². The molecule has 0 saturated heterocycles. The monoisotopic (exact) mass is 349 g/mol. The van der Waals surface area contributed by atoms with Crippen LogP contribution in [0.15, 0.2) is 60.3 Å². The van der Waals surface area contributed by atoms with Crippen molar-refractivity contribution in [2.75, 3.05) is 18.9 Å². The van der Waals surface area contributed by atoms with Gasteiger partial charge < -0.3 is 10.2 Å². The van der Waals surface area contributed by atoms with Crippen LogP contribution in [0.1, 0.15) is 48.0 Å². The number of nitrogens with one attached hydrogen (secondary N) is 1. The van der Waals surface area contributed by atoms with Gasteiger partial charge in [0, 0.05) is 26.3 Å². The molecule has 1 aliphatic carbocycles. The summed E-state index contributed by atoms with van der Waals surface area (Å²) in [6.07, 6.45) is 10.2. The lowest BCUT2D eigenvalue weighted by Crippen LogP contribution is -2.26. The molecule has 0 saturated carbocycles. The molecule has 136 valence electrons. The minimum absolute atomic E-state index is 0.0136. The summed E-state index contributed by atoms with van der Waals surface area (Å²) in [5.41, 5.74) is 3.29. The Balaban J connectivity index is 1.50. The Morgan fingerprint density at radius 3 is 2.69 bits per heavy atom. The van der Waals surface area contributed by atoms with E-state index in [1.807, 2.05) is 49.5 Å². The van der Waals surface area contributed by atoms with Gasteiger partial charge in [0.15, 0.2) is 0 Å². The average Bonchev–Trinajstić information content (AvgIpc) is 2.69. The van der Waals surface area contributed by atoms with Gasteiger partial charge >= 0.3 is 0 Å². The van der Waals surface area contributed by atoms with Gasteiger partial charge in [0.1, 0.15) is 5.82 Å². The molecule has 0 unspecified atom stereocenters. The fourth-order valence-corrected chi connectivity index (χ4v) is 3.26. The summed E-state index contributed by atoms with van der Waals surface area (Å²) in [5.74, 6) is 0.809. The van der Waals surface area contributed by atoms with Crippen LogP contribution in [0.2, 0.25) is 0 Å². The van der Waals surface area contributed by atoms with Crippen LogP contribution in [-0.4, -0.2) is 29.4 Å². The Bertz CT molecular complexity index is 738. The number of anilines is 1. The molecule has 1 heterocycles. The Morgan fingerprint density at radius 2 is 2.00 bits per heavy atom. The Hall–Kier alpha value is -2.62. The van der Waals surface area contributed by atoms with Crippen molar-refractivity contribution < 1.29 is 4.79 Å². The van der Waals surface area contributed by atoms with Crippen molar-refractivity contribution in [2.24, 2.45) is 0 Å². The molecule has 1 amide bonds. The largest absolute Gasteiger partial charge is 0.370 e. The number of pyridine rings is 1. The number of nitrogens with zero attached hydrogens (tertiary/aromatic N) is 2. The summed E-state index contributed by atoms with van der Waals surface area (Å²) >= 11 is 0. The van der Waals surface area contributed by atoms with Gasteiger partial charge in [-0.3, -0.25) is 4.79 Å². The molecule has 4 heteroatoms. The highest BCUT2D eigenvalue weighted by molar-refractivity contribution is 5.93. The van der Waals surface area contributed by atoms with E-state index < -0.39 is 0 Å². The smallest absolute Gasteiger partial charge is 0.255 e. The first-order valence-electron chi connectivity index (χ1n) is 9.39. The lowest BCUT2D eigenvalue weighted by atomic mass is 9.97. The Morgan fingerprint density at radius 1 is 1.15 bits per heavy atom. The van der Waals surface area contributed by atoms with E-state index in [1.54, 1.807) is 16.7 Å². The zero-order valence-corrected chi connectivity index (χ0v) is 15.4. The maximum atomic E-state index is 12.5. The van der Waals surface area contributed by atoms with Gasteiger partial charge in [0.2, 0.25) is 0 Å². The average molecular weight is 349 g/mol. The van der Waals surface area contributed by atoms with Crippen LogP contribution in [0, 0.1) is 0 Å². The van der Waals surface area contributed by atoms with Crippen molar-refractivity contribution in [2.45, 2.75) is 38.6 Å². The third kappa shape index (κ3) is 5.19. The molecule has 0 fully saturated rings. The molecule has 3 rings (SSSR count). The van der Waals surface area contributed by atoms with Crippen molar-refractivity contribution in [1.29, 1.82) is 0 Å². The van der Waals surface area contributed by atoms with E-state index in [0.717, 1.165) is 24.3 Å². The highest BCUT2D eigenvalue weighted by atomic mass is 16.2. The van der Waals surface area contributed by atoms with E-state index in [-0.39, 0.29) is 5.91 Å². The van der Waals surface area contributed by atoms with E-state index in [0.29, 0.717) is 12.1 Å². The van der Waals surface area contributed by atoms with E-state index in [4.69, 9.17) is 0 Å². The SMILES string of the molecule is CN(Cc1ccccc1)C(=O)c1ccc(NCCC2=CCCCC2)nc1. The van der Waals surface area contributed by atoms with E-state index in [1.165, 1.54) is 25.7 Å². The highest BCUT2D eigenvalue weighted by Gasteiger charge is 2.12. The second-order valence-corrected chi connectivity index (χ2v) is 6.86. The predicted octanol–water partition coefficient (Wildman–Crippen LogP) is 4.66. The topological polar surface area (TPSA) is 45.2 Å². The van der Waals surface area contributed by atoms with Crippen LogP contribution in [0.25, 0.3) is 0 Å². The van der Waals surface area contributed by atoms with Gasteiger partial charge in [-0.2, -0.15) is 0 Å². The molecule has 0 atom stereocenters. The number of hydrogen-bond donors (Lipinski definition) is 1. The van der Waals surface area contributed by atoms with Crippen molar-refractivity contribution in [3.63, 3.8) is 0 Å². The normalized spacial score (nSPS) is 13.8. The molecule has 0 aliphatic heterocycles. The fourth-order valence-electron chi connectivity index (χ4n) is 3.26. The second kappa shape index (κ2) is 9.18. The molecular weight excluding hydrogens is 322 g/mol. The summed E-state index contributed by atoms with van der Waals surface area (Å²) in [6, 6.07) is 13.7. The molecule has 0 spiro atoms. The minimum atomic E-state index is -0.0136. The molecule has 1 aromatic carbocycles. The lowest BCUT2D eigenvalue weighted by Gasteiger charge is -2.17. The maximum Gasteiger partial charge on any atom is 0.255 e. The van der Waals surface area contributed by atoms with Crippen molar-refractivity contribution in [3.8, 4) is 0 Å². The highest BCUT2D eigenvalue weighted by Crippen LogP contribution is 2.20. The number of carbonyl (C=O) groups excluding carboxylic acids is 1. The van der Waals surface area contributed by atoms with Gasteiger partial charge in [0.25, 0.3) is 5.91 Å². The number of amides is 1. The van der Waals surface area contributed by atoms with E-state index in [9.17, 15) is 4.79 Å². The number of hydrogen-bond acceptors (Lipinski definition) is 3. The summed E-state index contributed by atoms with van der Waals surface area (Å²) < 4.78 is 0. The van der Waals surface area contributed by atoms with Gasteiger partial charge in [-0.05, 0) is 49.8 Å². The summed E-state index contributed by atoms with van der Waals surface area (Å²) in [7, 11) is 1.82. The second-order valence-electron chi connectivity index (χ2n) is 6.86. The number of allylic oxidation sites excluding steroid dienone is 1. The number of aromatic nitrogens is 1. The minimum Gasteiger partial charge on any atom is -0.370 e. The van der Waals surface area contributed by atoms with Crippen LogP contribution in [0.5, 0.6) is 0 Å². The van der Waals surface area contributed by atoms with Gasteiger partial charge in [-0.1, -0.05) is 42.0 Å². The van der Waals surface area contributed by atoms with Crippen LogP contribution in [-0.2, 0) is 6.54 Å². The maximum absolute atomic E-state index is 12.5. The molecule has 0 radical (unpaired) electrons. The Labute approximate surface area is 155 Å². The van der Waals surface area contributed by atoms with Crippen LogP contribution in [0.4, 0.5) is 5.82 Å². The first-order chi connectivity index (χ1) is 12.7. The van der Waals surface area contributed by atoms with Crippen LogP contribution < -0.4 is 5.32 Å². The van der Waals surface area contributed by atoms with Crippen molar-refractivity contribution in [3.05, 3.63) is 71.4 Å². The third-order valence-corrected chi connectivity index (χ3v) is 4.76. The fraction of sp³-hybridized carbons (Fsp3) is 0.364. The van der Waals surface area contributed by atoms with Crippen LogP contribution >= 0.6 is 0 Å². The van der Waals surface area contributed by atoms with Gasteiger partial charge in [-0.15, -0.1) is 0 Å². The summed E-state index contributed by atoms with van der Waals surface area (Å²) in [6.45, 7) is 1.48. The first kappa shape index (κ1) is 18.2. The van der Waals surface area contributed by atoms with Crippen LogP contribution in [0.3, 0.4) is 0 Å². The van der Waals surface area contributed by atoms with E-state index >= 15 is 0 Å². The standard InChI is InChI=1S/C22H27N3O/c1-25(17-19-10-6-3-7-11-19)22(26)20-12-13-21(24-16-20)23-15-14-18-8-4-2-5-9-18/h3,6-8,10-13,16H,2,4-5,9,14-15,17H2,1H3,(H,23,24). The molecule has 26 heavy (non-hydrogen) atoms.